The molecule has 0 aromatic heterocycles. The molecule has 4 heteroatoms. The highest BCUT2D eigenvalue weighted by atomic mass is 16.5. The van der Waals surface area contributed by atoms with Gasteiger partial charge in [0, 0.05) is 26.2 Å². The third kappa shape index (κ3) is 5.47. The van der Waals surface area contributed by atoms with Crippen LogP contribution in [-0.2, 0) is 4.74 Å². The van der Waals surface area contributed by atoms with Gasteiger partial charge in [-0.05, 0) is 26.2 Å². The van der Waals surface area contributed by atoms with E-state index in [4.69, 9.17) is 10.5 Å². The average Bonchev–Trinajstić information content (AvgIpc) is 2.25. The van der Waals surface area contributed by atoms with Crippen LogP contribution < -0.4 is 5.73 Å². The van der Waals surface area contributed by atoms with E-state index in [0.717, 1.165) is 38.9 Å². The van der Waals surface area contributed by atoms with Crippen LogP contribution in [0, 0.1) is 0 Å². The van der Waals surface area contributed by atoms with Gasteiger partial charge in [0.2, 0.25) is 0 Å². The summed E-state index contributed by atoms with van der Waals surface area (Å²) in [5.74, 6) is 0. The van der Waals surface area contributed by atoms with Crippen LogP contribution in [0.4, 0.5) is 0 Å². The van der Waals surface area contributed by atoms with Crippen molar-refractivity contribution in [2.45, 2.75) is 38.4 Å². The van der Waals surface area contributed by atoms with Crippen molar-refractivity contribution < 1.29 is 9.84 Å². The van der Waals surface area contributed by atoms with Gasteiger partial charge >= 0.3 is 0 Å². The summed E-state index contributed by atoms with van der Waals surface area (Å²) in [6.45, 7) is 6.31. The number of hydrogen-bond acceptors (Lipinski definition) is 4. The zero-order valence-corrected chi connectivity index (χ0v) is 9.69. The molecule has 0 aromatic rings. The second-order valence-corrected chi connectivity index (χ2v) is 4.34. The van der Waals surface area contributed by atoms with Gasteiger partial charge < -0.3 is 20.5 Å². The van der Waals surface area contributed by atoms with E-state index in [2.05, 4.69) is 4.90 Å². The number of hydrogen-bond donors (Lipinski definition) is 2. The summed E-state index contributed by atoms with van der Waals surface area (Å²) in [5.41, 5.74) is 5.39. The van der Waals surface area contributed by atoms with Crippen LogP contribution in [0.2, 0.25) is 0 Å². The van der Waals surface area contributed by atoms with Crippen LogP contribution in [0.5, 0.6) is 0 Å². The Morgan fingerprint density at radius 2 is 2.13 bits per heavy atom. The summed E-state index contributed by atoms with van der Waals surface area (Å²) in [5, 5.41) is 9.19. The highest BCUT2D eigenvalue weighted by Crippen LogP contribution is 2.13. The highest BCUT2D eigenvalue weighted by molar-refractivity contribution is 4.72. The second kappa shape index (κ2) is 7.17. The third-order valence-electron chi connectivity index (χ3n) is 2.87. The maximum Gasteiger partial charge on any atom is 0.0600 e. The average molecular weight is 216 g/mol. The number of likely N-dealkylation sites (tertiary alicyclic amines) is 1. The Balaban J connectivity index is 2.07. The van der Waals surface area contributed by atoms with E-state index >= 15 is 0 Å². The molecule has 0 aliphatic carbocycles. The molecule has 1 rings (SSSR count). The molecule has 3 N–H and O–H groups in total. The van der Waals surface area contributed by atoms with Gasteiger partial charge in [-0.25, -0.2) is 0 Å². The highest BCUT2D eigenvalue weighted by Gasteiger charge is 2.19. The first kappa shape index (κ1) is 12.9. The number of nitrogens with two attached hydrogens (primary N) is 1. The molecule has 1 saturated heterocycles. The Morgan fingerprint density at radius 3 is 2.67 bits per heavy atom. The normalized spacial score (nSPS) is 21.8. The molecule has 0 aromatic carbocycles. The van der Waals surface area contributed by atoms with Gasteiger partial charge in [-0.15, -0.1) is 0 Å². The zero-order chi connectivity index (χ0) is 11.1. The van der Waals surface area contributed by atoms with Crippen molar-refractivity contribution in [3.63, 3.8) is 0 Å². The largest absolute Gasteiger partial charge is 0.393 e. The molecule has 0 amide bonds. The fourth-order valence-corrected chi connectivity index (χ4v) is 1.90. The van der Waals surface area contributed by atoms with Gasteiger partial charge in [0.05, 0.1) is 18.8 Å². The predicted molar refractivity (Wildman–Crippen MR) is 60.8 cm³/mol. The standard InChI is InChI=1S/C11H24N2O2/c1-10(14)2-6-13-7-3-11(4-8-13)15-9-5-12/h10-11,14H,2-9,12H2,1H3. The lowest BCUT2D eigenvalue weighted by molar-refractivity contribution is 0.00913. The van der Waals surface area contributed by atoms with Crippen molar-refractivity contribution in [3.05, 3.63) is 0 Å². The minimum absolute atomic E-state index is 0.184. The third-order valence-corrected chi connectivity index (χ3v) is 2.87. The van der Waals surface area contributed by atoms with Crippen LogP contribution >= 0.6 is 0 Å². The zero-order valence-electron chi connectivity index (χ0n) is 9.69. The lowest BCUT2D eigenvalue weighted by atomic mass is 10.1. The van der Waals surface area contributed by atoms with Crippen LogP contribution in [0.15, 0.2) is 0 Å². The lowest BCUT2D eigenvalue weighted by Gasteiger charge is -2.32. The van der Waals surface area contributed by atoms with Gasteiger partial charge in [0.25, 0.3) is 0 Å². The predicted octanol–water partition coefficient (Wildman–Crippen LogP) is 0.197. The Kier molecular flexibility index (Phi) is 6.17. The summed E-state index contributed by atoms with van der Waals surface area (Å²) in [7, 11) is 0. The number of aliphatic hydroxyl groups is 1. The maximum absolute atomic E-state index is 9.19. The van der Waals surface area contributed by atoms with E-state index in [-0.39, 0.29) is 6.10 Å². The van der Waals surface area contributed by atoms with Crippen molar-refractivity contribution in [3.8, 4) is 0 Å². The first-order valence-corrected chi connectivity index (χ1v) is 5.94. The molecule has 0 bridgehead atoms. The lowest BCUT2D eigenvalue weighted by Crippen LogP contribution is -2.38. The first-order chi connectivity index (χ1) is 7.22. The molecule has 1 unspecified atom stereocenters. The molecule has 1 atom stereocenters. The molecule has 1 aliphatic heterocycles. The number of piperidine rings is 1. The van der Waals surface area contributed by atoms with Crippen LogP contribution in [-0.4, -0.2) is 55.0 Å². The van der Waals surface area contributed by atoms with E-state index < -0.39 is 0 Å². The Morgan fingerprint density at radius 1 is 1.47 bits per heavy atom. The molecule has 1 heterocycles. The van der Waals surface area contributed by atoms with Crippen molar-refractivity contribution in [2.24, 2.45) is 5.73 Å². The quantitative estimate of drug-likeness (QED) is 0.666. The molecule has 0 radical (unpaired) electrons. The summed E-state index contributed by atoms with van der Waals surface area (Å²) in [6.07, 6.45) is 3.28. The number of nitrogens with zero attached hydrogens (tertiary/aromatic N) is 1. The molecule has 0 spiro atoms. The van der Waals surface area contributed by atoms with Crippen molar-refractivity contribution in [1.29, 1.82) is 0 Å². The fraction of sp³-hybridized carbons (Fsp3) is 1.00. The number of rotatable bonds is 6. The fourth-order valence-electron chi connectivity index (χ4n) is 1.90. The van der Waals surface area contributed by atoms with E-state index in [1.165, 1.54) is 0 Å². The minimum Gasteiger partial charge on any atom is -0.393 e. The van der Waals surface area contributed by atoms with Crippen LogP contribution in [0.25, 0.3) is 0 Å². The summed E-state index contributed by atoms with van der Waals surface area (Å²) in [6, 6.07) is 0. The second-order valence-electron chi connectivity index (χ2n) is 4.34. The molecule has 0 saturated carbocycles. The Bertz CT molecular complexity index is 157. The molecular weight excluding hydrogens is 192 g/mol. The molecule has 1 aliphatic rings. The number of aliphatic hydroxyl groups excluding tert-OH is 1. The molecule has 4 nitrogen and oxygen atoms in total. The van der Waals surface area contributed by atoms with Gasteiger partial charge in [-0.3, -0.25) is 0 Å². The summed E-state index contributed by atoms with van der Waals surface area (Å²) < 4.78 is 5.60. The topological polar surface area (TPSA) is 58.7 Å². The van der Waals surface area contributed by atoms with Gasteiger partial charge in [0.1, 0.15) is 0 Å². The van der Waals surface area contributed by atoms with E-state index in [9.17, 15) is 5.11 Å². The van der Waals surface area contributed by atoms with E-state index in [1.54, 1.807) is 0 Å². The maximum atomic E-state index is 9.19. The van der Waals surface area contributed by atoms with Crippen molar-refractivity contribution >= 4 is 0 Å². The first-order valence-electron chi connectivity index (χ1n) is 5.94. The smallest absolute Gasteiger partial charge is 0.0600 e. The molecule has 1 fully saturated rings. The van der Waals surface area contributed by atoms with Gasteiger partial charge in [-0.2, -0.15) is 0 Å². The monoisotopic (exact) mass is 216 g/mol. The van der Waals surface area contributed by atoms with E-state index in [1.807, 2.05) is 6.92 Å². The molecular formula is C11H24N2O2. The Hall–Kier alpha value is -0.160. The van der Waals surface area contributed by atoms with Crippen molar-refractivity contribution in [2.75, 3.05) is 32.8 Å². The summed E-state index contributed by atoms with van der Waals surface area (Å²) in [4.78, 5) is 2.40. The minimum atomic E-state index is -0.184. The SMILES string of the molecule is CC(O)CCN1CCC(OCCN)CC1. The van der Waals surface area contributed by atoms with Crippen molar-refractivity contribution in [1.82, 2.24) is 4.90 Å². The molecule has 15 heavy (non-hydrogen) atoms. The summed E-state index contributed by atoms with van der Waals surface area (Å²) >= 11 is 0. The number of ether oxygens (including phenoxy) is 1. The molecule has 90 valence electrons. The Labute approximate surface area is 92.4 Å². The van der Waals surface area contributed by atoms with Gasteiger partial charge in [-0.1, -0.05) is 0 Å². The van der Waals surface area contributed by atoms with Crippen LogP contribution in [0.1, 0.15) is 26.2 Å². The van der Waals surface area contributed by atoms with Crippen LogP contribution in [0.3, 0.4) is 0 Å². The van der Waals surface area contributed by atoms with E-state index in [0.29, 0.717) is 19.3 Å². The van der Waals surface area contributed by atoms with Gasteiger partial charge in [0.15, 0.2) is 0 Å².